The first-order valence-electron chi connectivity index (χ1n) is 4.68. The van der Waals surface area contributed by atoms with Crippen molar-refractivity contribution in [1.82, 2.24) is 9.78 Å². The average Bonchev–Trinajstić information content (AvgIpc) is 2.41. The van der Waals surface area contributed by atoms with Crippen LogP contribution in [0.5, 0.6) is 0 Å². The van der Waals surface area contributed by atoms with E-state index in [1.54, 1.807) is 11.6 Å². The van der Waals surface area contributed by atoms with Crippen LogP contribution in [-0.2, 0) is 18.3 Å². The molecule has 15 heavy (non-hydrogen) atoms. The molecule has 0 atom stereocenters. The molecule has 0 aliphatic heterocycles. The van der Waals surface area contributed by atoms with Gasteiger partial charge in [-0.25, -0.2) is 0 Å². The summed E-state index contributed by atoms with van der Waals surface area (Å²) >= 11 is 5.97. The van der Waals surface area contributed by atoms with Crippen LogP contribution in [0.4, 0.5) is 0 Å². The molecular weight excluding hydrogens is 212 g/mol. The van der Waals surface area contributed by atoms with Crippen molar-refractivity contribution < 1.29 is 4.79 Å². The van der Waals surface area contributed by atoms with Crippen LogP contribution in [0.1, 0.15) is 12.5 Å². The van der Waals surface area contributed by atoms with Gasteiger partial charge in [-0.3, -0.25) is 9.48 Å². The van der Waals surface area contributed by atoms with Gasteiger partial charge in [-0.15, -0.1) is 0 Å². The second-order valence-corrected chi connectivity index (χ2v) is 4.00. The summed E-state index contributed by atoms with van der Waals surface area (Å²) in [4.78, 5) is 11.0. The lowest BCUT2D eigenvalue weighted by molar-refractivity contribution is -0.116. The van der Waals surface area contributed by atoms with E-state index in [0.717, 1.165) is 16.5 Å². The Morgan fingerprint density at radius 1 is 1.53 bits per heavy atom. The largest absolute Gasteiger partial charge is 0.300 e. The van der Waals surface area contributed by atoms with Gasteiger partial charge in [0.2, 0.25) is 0 Å². The molecule has 1 aromatic heterocycles. The van der Waals surface area contributed by atoms with Crippen molar-refractivity contribution in [3.8, 4) is 0 Å². The summed E-state index contributed by atoms with van der Waals surface area (Å²) < 4.78 is 1.73. The van der Waals surface area contributed by atoms with E-state index >= 15 is 0 Å². The lowest BCUT2D eigenvalue weighted by atomic mass is 10.1. The number of hydrogen-bond donors (Lipinski definition) is 0. The highest BCUT2D eigenvalue weighted by Crippen LogP contribution is 2.23. The maximum absolute atomic E-state index is 11.0. The molecule has 78 valence electrons. The Morgan fingerprint density at radius 2 is 2.27 bits per heavy atom. The van der Waals surface area contributed by atoms with Gasteiger partial charge in [-0.05, 0) is 24.6 Å². The zero-order valence-corrected chi connectivity index (χ0v) is 9.38. The van der Waals surface area contributed by atoms with Crippen LogP contribution < -0.4 is 0 Å². The van der Waals surface area contributed by atoms with Crippen LogP contribution in [0, 0.1) is 0 Å². The van der Waals surface area contributed by atoms with E-state index in [-0.39, 0.29) is 5.78 Å². The molecule has 0 amide bonds. The summed E-state index contributed by atoms with van der Waals surface area (Å²) in [7, 11) is 1.85. The van der Waals surface area contributed by atoms with Crippen molar-refractivity contribution in [1.29, 1.82) is 0 Å². The standard InChI is InChI=1S/C11H11ClN2O/c1-7(15)5-8-3-4-10-9(6-8)11(12)13-14(10)2/h3-4,6H,5H2,1-2H3. The first kappa shape index (κ1) is 10.2. The molecule has 0 bridgehead atoms. The molecular formula is C11H11ClN2O. The molecule has 3 nitrogen and oxygen atoms in total. The number of fused-ring (bicyclic) bond motifs is 1. The number of aryl methyl sites for hydroxylation is 1. The molecule has 0 N–H and O–H groups in total. The lowest BCUT2D eigenvalue weighted by Gasteiger charge is -1.98. The van der Waals surface area contributed by atoms with Gasteiger partial charge in [-0.1, -0.05) is 17.7 Å². The van der Waals surface area contributed by atoms with Gasteiger partial charge in [0.1, 0.15) is 5.78 Å². The summed E-state index contributed by atoms with van der Waals surface area (Å²) in [5.41, 5.74) is 1.96. The molecule has 0 radical (unpaired) electrons. The predicted molar refractivity (Wildman–Crippen MR) is 60.1 cm³/mol. The quantitative estimate of drug-likeness (QED) is 0.782. The van der Waals surface area contributed by atoms with Crippen LogP contribution in [-0.4, -0.2) is 15.6 Å². The third-order valence-corrected chi connectivity index (χ3v) is 2.60. The predicted octanol–water partition coefficient (Wildman–Crippen LogP) is 2.36. The maximum atomic E-state index is 11.0. The third kappa shape index (κ3) is 1.88. The van der Waals surface area contributed by atoms with Gasteiger partial charge >= 0.3 is 0 Å². The Balaban J connectivity index is 2.55. The molecule has 0 saturated heterocycles. The minimum absolute atomic E-state index is 0.148. The summed E-state index contributed by atoms with van der Waals surface area (Å²) in [5, 5.41) is 5.49. The Hall–Kier alpha value is -1.35. The number of hydrogen-bond acceptors (Lipinski definition) is 2. The number of ketones is 1. The molecule has 1 heterocycles. The Kier molecular flexibility index (Phi) is 2.49. The Labute approximate surface area is 92.6 Å². The Morgan fingerprint density at radius 3 is 2.93 bits per heavy atom. The number of rotatable bonds is 2. The van der Waals surface area contributed by atoms with Crippen LogP contribution in [0.25, 0.3) is 10.9 Å². The van der Waals surface area contributed by atoms with Crippen molar-refractivity contribution in [2.24, 2.45) is 7.05 Å². The molecule has 2 rings (SSSR count). The highest BCUT2D eigenvalue weighted by molar-refractivity contribution is 6.34. The summed E-state index contributed by atoms with van der Waals surface area (Å²) in [6.45, 7) is 1.58. The maximum Gasteiger partial charge on any atom is 0.158 e. The first-order valence-corrected chi connectivity index (χ1v) is 5.06. The Bertz CT molecular complexity index is 531. The first-order chi connectivity index (χ1) is 7.08. The monoisotopic (exact) mass is 222 g/mol. The van der Waals surface area contributed by atoms with E-state index in [4.69, 9.17) is 11.6 Å². The summed E-state index contributed by atoms with van der Waals surface area (Å²) in [5.74, 6) is 0.148. The van der Waals surface area contributed by atoms with Gasteiger partial charge in [0.05, 0.1) is 5.52 Å². The van der Waals surface area contributed by atoms with Crippen molar-refractivity contribution >= 4 is 28.3 Å². The molecule has 2 aromatic rings. The van der Waals surface area contributed by atoms with E-state index in [1.807, 2.05) is 25.2 Å². The fourth-order valence-corrected chi connectivity index (χ4v) is 1.93. The lowest BCUT2D eigenvalue weighted by Crippen LogP contribution is -1.96. The minimum Gasteiger partial charge on any atom is -0.300 e. The van der Waals surface area contributed by atoms with Crippen LogP contribution in [0.2, 0.25) is 5.15 Å². The SMILES string of the molecule is CC(=O)Cc1ccc2c(c1)c(Cl)nn2C. The molecule has 0 aliphatic rings. The van der Waals surface area contributed by atoms with Gasteiger partial charge in [0, 0.05) is 18.9 Å². The molecule has 1 aromatic carbocycles. The molecule has 0 spiro atoms. The zero-order chi connectivity index (χ0) is 11.0. The number of Topliss-reactive ketones (excluding diaryl/α,β-unsaturated/α-hetero) is 1. The number of aromatic nitrogens is 2. The molecule has 4 heteroatoms. The highest BCUT2D eigenvalue weighted by Gasteiger charge is 2.07. The number of carbonyl (C=O) groups excluding carboxylic acids is 1. The van der Waals surface area contributed by atoms with Crippen molar-refractivity contribution in [3.05, 3.63) is 28.9 Å². The fourth-order valence-electron chi connectivity index (χ4n) is 1.67. The number of nitrogens with zero attached hydrogens (tertiary/aromatic N) is 2. The molecule has 0 aliphatic carbocycles. The third-order valence-electron chi connectivity index (χ3n) is 2.32. The average molecular weight is 223 g/mol. The van der Waals surface area contributed by atoms with Crippen LogP contribution in [0.15, 0.2) is 18.2 Å². The van der Waals surface area contributed by atoms with E-state index in [0.29, 0.717) is 11.6 Å². The fraction of sp³-hybridized carbons (Fsp3) is 0.273. The van der Waals surface area contributed by atoms with E-state index in [1.165, 1.54) is 0 Å². The summed E-state index contributed by atoms with van der Waals surface area (Å²) in [6, 6.07) is 5.79. The molecule has 0 fully saturated rings. The molecule has 0 saturated carbocycles. The molecule has 0 unspecified atom stereocenters. The number of halogens is 1. The van der Waals surface area contributed by atoms with Crippen molar-refractivity contribution in [2.75, 3.05) is 0 Å². The number of carbonyl (C=O) groups is 1. The van der Waals surface area contributed by atoms with E-state index < -0.39 is 0 Å². The normalized spacial score (nSPS) is 10.9. The highest BCUT2D eigenvalue weighted by atomic mass is 35.5. The zero-order valence-electron chi connectivity index (χ0n) is 8.62. The smallest absolute Gasteiger partial charge is 0.158 e. The van der Waals surface area contributed by atoms with Gasteiger partial charge in [0.25, 0.3) is 0 Å². The van der Waals surface area contributed by atoms with Crippen LogP contribution >= 0.6 is 11.6 Å². The van der Waals surface area contributed by atoms with Gasteiger partial charge in [-0.2, -0.15) is 5.10 Å². The van der Waals surface area contributed by atoms with Crippen molar-refractivity contribution in [2.45, 2.75) is 13.3 Å². The van der Waals surface area contributed by atoms with Crippen LogP contribution in [0.3, 0.4) is 0 Å². The second kappa shape index (κ2) is 3.66. The number of benzene rings is 1. The minimum atomic E-state index is 0.148. The topological polar surface area (TPSA) is 34.9 Å². The summed E-state index contributed by atoms with van der Waals surface area (Å²) in [6.07, 6.45) is 0.446. The van der Waals surface area contributed by atoms with E-state index in [2.05, 4.69) is 5.10 Å². The second-order valence-electron chi connectivity index (χ2n) is 3.64. The van der Waals surface area contributed by atoms with Crippen molar-refractivity contribution in [3.63, 3.8) is 0 Å². The van der Waals surface area contributed by atoms with E-state index in [9.17, 15) is 4.79 Å². The van der Waals surface area contributed by atoms with Gasteiger partial charge < -0.3 is 0 Å². The van der Waals surface area contributed by atoms with Gasteiger partial charge in [0.15, 0.2) is 5.15 Å².